The van der Waals surface area contributed by atoms with Crippen LogP contribution in [0, 0.1) is 0 Å². The van der Waals surface area contributed by atoms with Crippen molar-refractivity contribution in [1.82, 2.24) is 15.5 Å². The fourth-order valence-electron chi connectivity index (χ4n) is 5.93. The van der Waals surface area contributed by atoms with Gasteiger partial charge in [0.05, 0.1) is 41.4 Å². The monoisotopic (exact) mass is 583 g/mol. The molecule has 0 spiro atoms. The number of hydrogen-bond acceptors (Lipinski definition) is 7. The van der Waals surface area contributed by atoms with Crippen LogP contribution in [0.15, 0.2) is 66.7 Å². The second-order valence-electron chi connectivity index (χ2n) is 11.1. The Bertz CT molecular complexity index is 1550. The first-order chi connectivity index (χ1) is 20.8. The summed E-state index contributed by atoms with van der Waals surface area (Å²) in [5.74, 6) is -0.796. The van der Waals surface area contributed by atoms with Gasteiger partial charge in [-0.1, -0.05) is 42.5 Å². The summed E-state index contributed by atoms with van der Waals surface area (Å²) in [4.78, 5) is 52.7. The quantitative estimate of drug-likeness (QED) is 0.308. The minimum atomic E-state index is -0.518. The van der Waals surface area contributed by atoms with Crippen LogP contribution in [0.4, 0.5) is 0 Å². The molecule has 3 heterocycles. The Balaban J connectivity index is 1.05. The molecule has 4 amide bonds. The van der Waals surface area contributed by atoms with Crippen molar-refractivity contribution in [1.29, 1.82) is 0 Å². The van der Waals surface area contributed by atoms with E-state index < -0.39 is 17.7 Å². The summed E-state index contributed by atoms with van der Waals surface area (Å²) >= 11 is 0. The molecular formula is C33H33N3O7. The maximum atomic E-state index is 13.2. The summed E-state index contributed by atoms with van der Waals surface area (Å²) < 4.78 is 17.7. The molecule has 0 aromatic heterocycles. The van der Waals surface area contributed by atoms with Gasteiger partial charge in [0.15, 0.2) is 6.29 Å². The van der Waals surface area contributed by atoms with Gasteiger partial charge in [0.1, 0.15) is 12.4 Å². The molecule has 1 fully saturated rings. The van der Waals surface area contributed by atoms with Crippen molar-refractivity contribution in [2.24, 2.45) is 0 Å². The molecule has 222 valence electrons. The van der Waals surface area contributed by atoms with Gasteiger partial charge < -0.3 is 24.8 Å². The number of imide groups is 1. The summed E-state index contributed by atoms with van der Waals surface area (Å²) in [5.41, 5.74) is 2.80. The van der Waals surface area contributed by atoms with E-state index >= 15 is 0 Å². The van der Waals surface area contributed by atoms with Crippen molar-refractivity contribution in [3.63, 3.8) is 0 Å². The number of hydrogen-bond donors (Lipinski definition) is 2. The Morgan fingerprint density at radius 1 is 0.930 bits per heavy atom. The molecule has 0 saturated carbocycles. The van der Waals surface area contributed by atoms with Gasteiger partial charge in [-0.3, -0.25) is 24.1 Å². The van der Waals surface area contributed by atoms with Gasteiger partial charge in [-0.15, -0.1) is 0 Å². The van der Waals surface area contributed by atoms with Crippen LogP contribution in [-0.2, 0) is 14.9 Å². The molecule has 0 aliphatic carbocycles. The topological polar surface area (TPSA) is 123 Å². The van der Waals surface area contributed by atoms with Crippen LogP contribution >= 0.6 is 0 Å². The lowest BCUT2D eigenvalue weighted by molar-refractivity contribution is -0.199. The molecule has 0 unspecified atom stereocenters. The van der Waals surface area contributed by atoms with E-state index in [1.54, 1.807) is 37.4 Å². The maximum absolute atomic E-state index is 13.2. The van der Waals surface area contributed by atoms with E-state index in [0.717, 1.165) is 11.1 Å². The number of fused-ring (bicyclic) bond motifs is 2. The average Bonchev–Trinajstić information content (AvgIpc) is 3.52. The third kappa shape index (κ3) is 5.17. The zero-order valence-corrected chi connectivity index (χ0v) is 24.1. The molecule has 3 aliphatic rings. The first kappa shape index (κ1) is 28.6. The van der Waals surface area contributed by atoms with Crippen molar-refractivity contribution < 1.29 is 33.4 Å². The third-order valence-electron chi connectivity index (χ3n) is 8.38. The lowest BCUT2D eigenvalue weighted by atomic mass is 9.77. The zero-order chi connectivity index (χ0) is 30.1. The predicted molar refractivity (Wildman–Crippen MR) is 156 cm³/mol. The Kier molecular flexibility index (Phi) is 7.72. The van der Waals surface area contributed by atoms with Gasteiger partial charge in [-0.2, -0.15) is 0 Å². The number of amides is 4. The highest BCUT2D eigenvalue weighted by atomic mass is 16.7. The van der Waals surface area contributed by atoms with E-state index in [0.29, 0.717) is 54.0 Å². The van der Waals surface area contributed by atoms with Crippen molar-refractivity contribution in [3.8, 4) is 5.75 Å². The van der Waals surface area contributed by atoms with Crippen LogP contribution in [0.25, 0.3) is 0 Å². The molecule has 10 heteroatoms. The van der Waals surface area contributed by atoms with E-state index in [1.807, 2.05) is 43.3 Å². The lowest BCUT2D eigenvalue weighted by Gasteiger charge is -2.33. The number of nitrogens with one attached hydrogen (secondary N) is 2. The molecule has 3 aliphatic heterocycles. The Hall–Kier alpha value is -4.54. The van der Waals surface area contributed by atoms with Crippen LogP contribution in [0.2, 0.25) is 0 Å². The number of rotatable bonds is 8. The number of carbonyl (C=O) groups is 4. The molecule has 10 nitrogen and oxygen atoms in total. The smallest absolute Gasteiger partial charge is 0.261 e. The van der Waals surface area contributed by atoms with Crippen LogP contribution in [0.3, 0.4) is 0 Å². The lowest BCUT2D eigenvalue weighted by Crippen LogP contribution is -2.49. The highest BCUT2D eigenvalue weighted by Gasteiger charge is 2.42. The number of benzene rings is 3. The minimum absolute atomic E-state index is 0.183. The highest BCUT2D eigenvalue weighted by Crippen LogP contribution is 2.45. The molecule has 2 N–H and O–H groups in total. The summed E-state index contributed by atoms with van der Waals surface area (Å²) in [6.07, 6.45) is 0.585. The zero-order valence-electron chi connectivity index (χ0n) is 24.1. The molecule has 0 radical (unpaired) electrons. The maximum Gasteiger partial charge on any atom is 0.261 e. The van der Waals surface area contributed by atoms with Gasteiger partial charge in [-0.25, -0.2) is 0 Å². The normalized spacial score (nSPS) is 22.5. The third-order valence-corrected chi connectivity index (χ3v) is 8.38. The summed E-state index contributed by atoms with van der Waals surface area (Å²) in [6.45, 7) is 3.14. The van der Waals surface area contributed by atoms with Gasteiger partial charge >= 0.3 is 0 Å². The Labute approximate surface area is 249 Å². The van der Waals surface area contributed by atoms with Crippen LogP contribution in [0.1, 0.15) is 72.3 Å². The fourth-order valence-corrected chi connectivity index (χ4v) is 5.93. The molecule has 1 atom stereocenters. The number of nitrogens with zero attached hydrogens (tertiary/aromatic N) is 1. The van der Waals surface area contributed by atoms with E-state index in [1.165, 1.54) is 4.90 Å². The van der Waals surface area contributed by atoms with Gasteiger partial charge in [0.2, 0.25) is 0 Å². The van der Waals surface area contributed by atoms with E-state index in [2.05, 4.69) is 10.6 Å². The van der Waals surface area contributed by atoms with Gasteiger partial charge in [0.25, 0.3) is 23.6 Å². The summed E-state index contributed by atoms with van der Waals surface area (Å²) in [5, 5.41) is 5.58. The summed E-state index contributed by atoms with van der Waals surface area (Å²) in [7, 11) is 1.55. The molecule has 3 aromatic rings. The molecule has 0 bridgehead atoms. The highest BCUT2D eigenvalue weighted by molar-refractivity contribution is 6.21. The fraction of sp³-hybridized carbons (Fsp3) is 0.333. The second-order valence-corrected chi connectivity index (χ2v) is 11.1. The van der Waals surface area contributed by atoms with Crippen molar-refractivity contribution >= 4 is 23.6 Å². The molecule has 3 aromatic carbocycles. The standard InChI is InChI=1S/C33H33N3O7/c1-33(21-9-4-3-5-10-21)19-43-28-25(30(38)34-2)15-20(16-26(28)33)29(37)35-14-8-13-27-41-17-22(18-42-27)36-31(39)23-11-6-7-12-24(23)32(36)40/h3-7,9-12,15-16,22,27H,8,13-14,17-19H2,1-2H3,(H,34,38)(H,35,37)/t22?,27?,33-/m0/s1. The number of ether oxygens (including phenoxy) is 3. The van der Waals surface area contributed by atoms with E-state index in [4.69, 9.17) is 14.2 Å². The predicted octanol–water partition coefficient (Wildman–Crippen LogP) is 3.29. The van der Waals surface area contributed by atoms with Crippen LogP contribution in [-0.4, -0.2) is 74.3 Å². The molecule has 1 saturated heterocycles. The first-order valence-electron chi connectivity index (χ1n) is 14.4. The van der Waals surface area contributed by atoms with Crippen LogP contribution in [0.5, 0.6) is 5.75 Å². The first-order valence-corrected chi connectivity index (χ1v) is 14.4. The second kappa shape index (κ2) is 11.6. The van der Waals surface area contributed by atoms with Crippen molar-refractivity contribution in [3.05, 3.63) is 100 Å². The summed E-state index contributed by atoms with van der Waals surface area (Å²) in [6, 6.07) is 19.5. The molecule has 6 rings (SSSR count). The van der Waals surface area contributed by atoms with Gasteiger partial charge in [0, 0.05) is 31.1 Å². The Morgan fingerprint density at radius 2 is 1.58 bits per heavy atom. The van der Waals surface area contributed by atoms with Gasteiger partial charge in [-0.05, 0) is 43.2 Å². The average molecular weight is 584 g/mol. The van der Waals surface area contributed by atoms with E-state index in [9.17, 15) is 19.2 Å². The minimum Gasteiger partial charge on any atom is -0.491 e. The number of carbonyl (C=O) groups excluding carboxylic acids is 4. The SMILES string of the molecule is CNC(=O)c1cc(C(=O)NCCCC2OCC(N3C(=O)c4ccccc4C3=O)CO2)cc2c1OC[C@@]2(C)c1ccccc1. The Morgan fingerprint density at radius 3 is 2.23 bits per heavy atom. The molecule has 43 heavy (non-hydrogen) atoms. The van der Waals surface area contributed by atoms with E-state index in [-0.39, 0.29) is 36.8 Å². The molecular weight excluding hydrogens is 550 g/mol. The van der Waals surface area contributed by atoms with Crippen molar-refractivity contribution in [2.75, 3.05) is 33.4 Å². The largest absolute Gasteiger partial charge is 0.491 e. The van der Waals surface area contributed by atoms with Crippen molar-refractivity contribution in [2.45, 2.75) is 37.5 Å². The van der Waals surface area contributed by atoms with Crippen LogP contribution < -0.4 is 15.4 Å².